The molecule has 1 atom stereocenters. The molecule has 1 saturated heterocycles. The van der Waals surface area contributed by atoms with E-state index in [-0.39, 0.29) is 0 Å². The van der Waals surface area contributed by atoms with E-state index in [2.05, 4.69) is 43.3 Å². The minimum atomic E-state index is 0.617. The first-order valence-corrected chi connectivity index (χ1v) is 10.2. The van der Waals surface area contributed by atoms with E-state index in [9.17, 15) is 4.79 Å². The summed E-state index contributed by atoms with van der Waals surface area (Å²) >= 11 is 0. The summed E-state index contributed by atoms with van der Waals surface area (Å²) in [5.41, 5.74) is 8.20. The average Bonchev–Trinajstić information content (AvgIpc) is 2.65. The number of rotatable bonds is 9. The Morgan fingerprint density at radius 1 is 0.958 bits per heavy atom. The van der Waals surface area contributed by atoms with Gasteiger partial charge in [-0.3, -0.25) is 4.90 Å². The van der Waals surface area contributed by atoms with Crippen molar-refractivity contribution in [2.45, 2.75) is 38.8 Å². The van der Waals surface area contributed by atoms with Crippen LogP contribution in [-0.4, -0.2) is 55.5 Å². The molecule has 1 aliphatic rings. The molecule has 0 spiro atoms. The van der Waals surface area contributed by atoms with Crippen LogP contribution in [0.3, 0.4) is 0 Å². The van der Waals surface area contributed by atoms with E-state index in [0.717, 1.165) is 51.9 Å². The minimum Gasteiger partial charge on any atom is -0.326 e. The second kappa shape index (κ2) is 13.5. The molecule has 1 heterocycles. The summed E-state index contributed by atoms with van der Waals surface area (Å²) in [4.78, 5) is 15.3. The maximum atomic E-state index is 10.3. The van der Waals surface area contributed by atoms with E-state index in [4.69, 9.17) is 5.73 Å². The number of unbranched alkanes of at least 4 members (excludes halogenated alkanes) is 3. The van der Waals surface area contributed by atoms with Gasteiger partial charge in [-0.2, -0.15) is 0 Å². The number of carbonyl (C=O) groups is 1. The lowest BCUT2D eigenvalue weighted by Crippen LogP contribution is -2.46. The highest BCUT2D eigenvalue weighted by Crippen LogP contribution is 2.11. The molecule has 2 rings (SSSR count). The largest absolute Gasteiger partial charge is 0.326 e. The Morgan fingerprint density at radius 3 is 2.12 bits per heavy atom. The second-order valence-electron chi connectivity index (χ2n) is 6.15. The molecule has 0 aliphatic carbocycles. The predicted octanol–water partition coefficient (Wildman–Crippen LogP) is 2.51. The summed E-state index contributed by atoms with van der Waals surface area (Å²) in [6, 6.07) is 8.65. The van der Waals surface area contributed by atoms with E-state index in [1.807, 2.05) is 6.66 Å². The van der Waals surface area contributed by atoms with Gasteiger partial charge in [0, 0.05) is 45.7 Å². The summed E-state index contributed by atoms with van der Waals surface area (Å²) in [5.74, 6) is 0. The number of nitrogens with two attached hydrogens (primary N) is 1. The van der Waals surface area contributed by atoms with Crippen LogP contribution in [-0.2, 0) is 17.9 Å². The summed E-state index contributed by atoms with van der Waals surface area (Å²) < 4.78 is 0. The molecular formula is C19H34N3OP. The van der Waals surface area contributed by atoms with Crippen LogP contribution in [0.1, 0.15) is 36.8 Å². The maximum absolute atomic E-state index is 10.3. The van der Waals surface area contributed by atoms with Crippen LogP contribution in [0.25, 0.3) is 0 Å². The first kappa shape index (κ1) is 21.2. The van der Waals surface area contributed by atoms with E-state index in [1.165, 1.54) is 30.5 Å². The Labute approximate surface area is 150 Å². The summed E-state index contributed by atoms with van der Waals surface area (Å²) in [5, 5.41) is 0. The normalized spacial score (nSPS) is 15.6. The van der Waals surface area contributed by atoms with E-state index < -0.39 is 0 Å². The number of aldehydes is 1. The summed E-state index contributed by atoms with van der Waals surface area (Å²) in [7, 11) is 2.42. The van der Waals surface area contributed by atoms with Gasteiger partial charge >= 0.3 is 0 Å². The van der Waals surface area contributed by atoms with Crippen LogP contribution in [0.5, 0.6) is 0 Å². The lowest BCUT2D eigenvalue weighted by Gasteiger charge is -2.34. The third-order valence-electron chi connectivity index (χ3n) is 4.43. The van der Waals surface area contributed by atoms with Crippen LogP contribution >= 0.6 is 9.24 Å². The Bertz CT molecular complexity index is 431. The second-order valence-corrected chi connectivity index (χ2v) is 6.15. The number of hydrogen-bond donors (Lipinski definition) is 1. The van der Waals surface area contributed by atoms with Gasteiger partial charge in [0.15, 0.2) is 0 Å². The third-order valence-corrected chi connectivity index (χ3v) is 4.43. The van der Waals surface area contributed by atoms with Crippen LogP contribution < -0.4 is 5.73 Å². The van der Waals surface area contributed by atoms with E-state index >= 15 is 0 Å². The molecule has 1 aliphatic heterocycles. The fraction of sp³-hybridized carbons (Fsp3) is 0.632. The molecule has 136 valence electrons. The lowest BCUT2D eigenvalue weighted by molar-refractivity contribution is -0.107. The van der Waals surface area contributed by atoms with Crippen LogP contribution in [0.15, 0.2) is 24.3 Å². The van der Waals surface area contributed by atoms with Crippen molar-refractivity contribution in [3.63, 3.8) is 0 Å². The molecule has 5 heteroatoms. The quantitative estimate of drug-likeness (QED) is 0.422. The maximum Gasteiger partial charge on any atom is 0.119 e. The zero-order valence-corrected chi connectivity index (χ0v) is 16.3. The monoisotopic (exact) mass is 351 g/mol. The van der Waals surface area contributed by atoms with Gasteiger partial charge < -0.3 is 15.4 Å². The zero-order chi connectivity index (χ0) is 17.6. The van der Waals surface area contributed by atoms with Gasteiger partial charge in [0.1, 0.15) is 6.29 Å². The van der Waals surface area contributed by atoms with Crippen molar-refractivity contribution >= 4 is 15.5 Å². The molecule has 1 unspecified atom stereocenters. The molecule has 0 amide bonds. The number of carbonyl (C=O) groups excluding carboxylic acids is 1. The Morgan fingerprint density at radius 2 is 1.54 bits per heavy atom. The van der Waals surface area contributed by atoms with Crippen molar-refractivity contribution in [2.75, 3.05) is 39.4 Å². The fourth-order valence-electron chi connectivity index (χ4n) is 2.95. The molecule has 4 nitrogen and oxygen atoms in total. The van der Waals surface area contributed by atoms with Gasteiger partial charge in [-0.25, -0.2) is 0 Å². The standard InChI is InChI=1S/C18H29N3O.CH5P/c19-15-17-5-7-18(8-6-17)16-21-12-10-20(11-13-21)9-3-1-2-4-14-22;1-2/h5-8,14H,1-4,9-13,15-16,19H2;2H2,1H3. The molecule has 1 aromatic rings. The van der Waals surface area contributed by atoms with Gasteiger partial charge in [0.2, 0.25) is 0 Å². The van der Waals surface area contributed by atoms with E-state index in [0.29, 0.717) is 6.54 Å². The molecule has 0 radical (unpaired) electrons. The first-order valence-electron chi connectivity index (χ1n) is 9.06. The zero-order valence-electron chi connectivity index (χ0n) is 15.1. The Balaban J connectivity index is 0.00000139. The van der Waals surface area contributed by atoms with Gasteiger partial charge in [0.25, 0.3) is 0 Å². The highest BCUT2D eigenvalue weighted by atomic mass is 31.0. The van der Waals surface area contributed by atoms with E-state index in [1.54, 1.807) is 0 Å². The van der Waals surface area contributed by atoms with Gasteiger partial charge in [-0.1, -0.05) is 37.4 Å². The molecular weight excluding hydrogens is 317 g/mol. The van der Waals surface area contributed by atoms with Crippen LogP contribution in [0, 0.1) is 0 Å². The minimum absolute atomic E-state index is 0.617. The number of piperazine rings is 1. The van der Waals surface area contributed by atoms with Crippen molar-refractivity contribution in [3.8, 4) is 0 Å². The molecule has 0 saturated carbocycles. The van der Waals surface area contributed by atoms with Crippen molar-refractivity contribution in [1.82, 2.24) is 9.80 Å². The van der Waals surface area contributed by atoms with Crippen molar-refractivity contribution in [2.24, 2.45) is 5.73 Å². The molecule has 24 heavy (non-hydrogen) atoms. The summed E-state index contributed by atoms with van der Waals surface area (Å²) in [6.07, 6.45) is 5.18. The highest BCUT2D eigenvalue weighted by molar-refractivity contribution is 7.15. The number of hydrogen-bond acceptors (Lipinski definition) is 4. The van der Waals surface area contributed by atoms with Gasteiger partial charge in [-0.05, 0) is 30.5 Å². The molecule has 1 aromatic carbocycles. The van der Waals surface area contributed by atoms with Gasteiger partial charge in [0.05, 0.1) is 0 Å². The fourth-order valence-corrected chi connectivity index (χ4v) is 2.95. The third kappa shape index (κ3) is 8.34. The summed E-state index contributed by atoms with van der Waals surface area (Å²) in [6.45, 7) is 9.37. The first-order chi connectivity index (χ1) is 11.8. The van der Waals surface area contributed by atoms with Gasteiger partial charge in [-0.15, -0.1) is 9.24 Å². The smallest absolute Gasteiger partial charge is 0.119 e. The topological polar surface area (TPSA) is 49.6 Å². The SMILES string of the molecule is CP.NCc1ccc(CN2CCN(CCCCCC=O)CC2)cc1. The predicted molar refractivity (Wildman–Crippen MR) is 106 cm³/mol. The van der Waals surface area contributed by atoms with Crippen LogP contribution in [0.4, 0.5) is 0 Å². The van der Waals surface area contributed by atoms with Crippen molar-refractivity contribution in [3.05, 3.63) is 35.4 Å². The Kier molecular flexibility index (Phi) is 11.9. The molecule has 0 aromatic heterocycles. The lowest BCUT2D eigenvalue weighted by atomic mass is 10.1. The molecule has 2 N–H and O–H groups in total. The van der Waals surface area contributed by atoms with Crippen LogP contribution in [0.2, 0.25) is 0 Å². The number of nitrogens with zero attached hydrogens (tertiary/aromatic N) is 2. The molecule has 0 bridgehead atoms. The van der Waals surface area contributed by atoms with Crippen molar-refractivity contribution < 1.29 is 4.79 Å². The Hall–Kier alpha value is -0.800. The molecule has 1 fully saturated rings. The average molecular weight is 351 g/mol. The van der Waals surface area contributed by atoms with Crippen molar-refractivity contribution in [1.29, 1.82) is 0 Å². The highest BCUT2D eigenvalue weighted by Gasteiger charge is 2.16. The number of benzene rings is 1.